The van der Waals surface area contributed by atoms with Gasteiger partial charge in [-0.3, -0.25) is 4.79 Å². The summed E-state index contributed by atoms with van der Waals surface area (Å²) in [5.74, 6) is 3.14. The number of terminal acetylenes is 1. The molecule has 0 saturated carbocycles. The third-order valence-corrected chi connectivity index (χ3v) is 3.89. The van der Waals surface area contributed by atoms with Crippen LogP contribution < -0.4 is 10.9 Å². The lowest BCUT2D eigenvalue weighted by atomic mass is 10.1. The molecular weight excluding hydrogens is 336 g/mol. The molecule has 0 spiro atoms. The van der Waals surface area contributed by atoms with E-state index >= 15 is 0 Å². The lowest BCUT2D eigenvalue weighted by Gasteiger charge is -2.16. The molecule has 7 heteroatoms. The molecule has 0 aliphatic heterocycles. The molecular formula is C14H15BrN4O2. The lowest BCUT2D eigenvalue weighted by Crippen LogP contribution is -2.24. The summed E-state index contributed by atoms with van der Waals surface area (Å²) in [6, 6.07) is -0.0720. The van der Waals surface area contributed by atoms with E-state index in [9.17, 15) is 4.79 Å². The van der Waals surface area contributed by atoms with Crippen molar-refractivity contribution >= 4 is 21.6 Å². The van der Waals surface area contributed by atoms with Gasteiger partial charge in [-0.25, -0.2) is 4.68 Å². The second-order valence-corrected chi connectivity index (χ2v) is 5.44. The Morgan fingerprint density at radius 1 is 1.57 bits per heavy atom. The van der Waals surface area contributed by atoms with Crippen LogP contribution in [0, 0.1) is 26.2 Å². The average molecular weight is 351 g/mol. The van der Waals surface area contributed by atoms with Crippen LogP contribution in [-0.4, -0.2) is 14.9 Å². The molecule has 2 aromatic heterocycles. The van der Waals surface area contributed by atoms with Gasteiger partial charge in [0.15, 0.2) is 0 Å². The fourth-order valence-electron chi connectivity index (χ4n) is 2.18. The molecule has 110 valence electrons. The summed E-state index contributed by atoms with van der Waals surface area (Å²) in [4.78, 5) is 12.1. The number of hydrogen-bond donors (Lipinski definition) is 1. The summed E-state index contributed by atoms with van der Waals surface area (Å²) >= 11 is 3.29. The van der Waals surface area contributed by atoms with Crippen LogP contribution in [0.4, 0.5) is 5.69 Å². The number of halogens is 1. The van der Waals surface area contributed by atoms with Crippen LogP contribution in [-0.2, 0) is 6.54 Å². The van der Waals surface area contributed by atoms with Crippen molar-refractivity contribution in [2.24, 2.45) is 0 Å². The Kier molecular flexibility index (Phi) is 4.48. The van der Waals surface area contributed by atoms with Gasteiger partial charge in [0.25, 0.3) is 5.56 Å². The molecule has 21 heavy (non-hydrogen) atoms. The van der Waals surface area contributed by atoms with Crippen molar-refractivity contribution in [2.75, 3.05) is 5.32 Å². The van der Waals surface area contributed by atoms with E-state index in [1.165, 1.54) is 4.68 Å². The fourth-order valence-corrected chi connectivity index (χ4v) is 2.60. The normalized spacial score (nSPS) is 12.0. The Labute approximate surface area is 130 Å². The van der Waals surface area contributed by atoms with Crippen LogP contribution in [0.2, 0.25) is 0 Å². The smallest absolute Gasteiger partial charge is 0.284 e. The highest BCUT2D eigenvalue weighted by Gasteiger charge is 2.18. The fraction of sp³-hybridized carbons (Fsp3) is 0.357. The van der Waals surface area contributed by atoms with Crippen molar-refractivity contribution in [3.63, 3.8) is 0 Å². The Morgan fingerprint density at radius 3 is 2.86 bits per heavy atom. The maximum absolute atomic E-state index is 12.1. The first-order valence-electron chi connectivity index (χ1n) is 6.34. The summed E-state index contributed by atoms with van der Waals surface area (Å²) in [6.07, 6.45) is 6.76. The van der Waals surface area contributed by atoms with Gasteiger partial charge in [-0.15, -0.1) is 6.42 Å². The highest BCUT2D eigenvalue weighted by Crippen LogP contribution is 2.26. The maximum Gasteiger partial charge on any atom is 0.284 e. The molecule has 1 N–H and O–H groups in total. The third-order valence-electron chi connectivity index (χ3n) is 3.12. The highest BCUT2D eigenvalue weighted by atomic mass is 79.9. The molecule has 1 atom stereocenters. The van der Waals surface area contributed by atoms with E-state index < -0.39 is 0 Å². The van der Waals surface area contributed by atoms with Crippen LogP contribution in [0.1, 0.15) is 30.0 Å². The van der Waals surface area contributed by atoms with Gasteiger partial charge in [-0.2, -0.15) is 5.10 Å². The van der Waals surface area contributed by atoms with E-state index in [4.69, 9.17) is 10.9 Å². The van der Waals surface area contributed by atoms with Gasteiger partial charge < -0.3 is 9.84 Å². The third kappa shape index (κ3) is 3.00. The summed E-state index contributed by atoms with van der Waals surface area (Å²) in [5.41, 5.74) is 2.11. The molecule has 6 nitrogen and oxygen atoms in total. The summed E-state index contributed by atoms with van der Waals surface area (Å²) in [7, 11) is 0. The Balaban J connectivity index is 2.31. The first kappa shape index (κ1) is 15.3. The zero-order valence-corrected chi connectivity index (χ0v) is 13.6. The standard InChI is InChI=1S/C14H15BrN4O2/c1-5-6-19-14(20)13(15)11(7-16-19)17-8(2)12-9(3)18-21-10(12)4/h1,7-8,17H,6H2,2-4H3. The molecule has 0 aromatic carbocycles. The van der Waals surface area contributed by atoms with Gasteiger partial charge in [0.05, 0.1) is 23.6 Å². The van der Waals surface area contributed by atoms with Crippen LogP contribution in [0.5, 0.6) is 0 Å². The number of nitrogens with zero attached hydrogens (tertiary/aromatic N) is 3. The molecule has 0 saturated heterocycles. The van der Waals surface area contributed by atoms with Gasteiger partial charge in [0, 0.05) is 5.56 Å². The van der Waals surface area contributed by atoms with Crippen molar-refractivity contribution in [2.45, 2.75) is 33.4 Å². The average Bonchev–Trinajstić information content (AvgIpc) is 2.78. The van der Waals surface area contributed by atoms with Crippen molar-refractivity contribution in [3.8, 4) is 12.3 Å². The number of aryl methyl sites for hydroxylation is 2. The summed E-state index contributed by atoms with van der Waals surface area (Å²) in [6.45, 7) is 5.83. The predicted octanol–water partition coefficient (Wildman–Crippen LogP) is 2.42. The zero-order valence-electron chi connectivity index (χ0n) is 12.0. The van der Waals surface area contributed by atoms with Gasteiger partial charge in [-0.05, 0) is 36.7 Å². The van der Waals surface area contributed by atoms with E-state index in [1.54, 1.807) is 6.20 Å². The monoisotopic (exact) mass is 350 g/mol. The molecule has 0 amide bonds. The quantitative estimate of drug-likeness (QED) is 0.857. The largest absolute Gasteiger partial charge is 0.376 e. The topological polar surface area (TPSA) is 73.0 Å². The Hall–Kier alpha value is -2.07. The van der Waals surface area contributed by atoms with E-state index in [2.05, 4.69) is 37.4 Å². The molecule has 2 heterocycles. The van der Waals surface area contributed by atoms with Crippen LogP contribution >= 0.6 is 15.9 Å². The first-order chi connectivity index (χ1) is 9.95. The predicted molar refractivity (Wildman–Crippen MR) is 83.0 cm³/mol. The van der Waals surface area contributed by atoms with Crippen molar-refractivity contribution in [3.05, 3.63) is 38.0 Å². The minimum atomic E-state index is -0.274. The van der Waals surface area contributed by atoms with Crippen LogP contribution in [0.15, 0.2) is 20.0 Å². The molecule has 0 fully saturated rings. The first-order valence-corrected chi connectivity index (χ1v) is 7.13. The molecule has 0 radical (unpaired) electrons. The second-order valence-electron chi connectivity index (χ2n) is 4.64. The number of nitrogens with one attached hydrogen (secondary N) is 1. The van der Waals surface area contributed by atoms with Crippen LogP contribution in [0.25, 0.3) is 0 Å². The second kappa shape index (κ2) is 6.14. The zero-order chi connectivity index (χ0) is 15.6. The van der Waals surface area contributed by atoms with Crippen molar-refractivity contribution in [1.29, 1.82) is 0 Å². The van der Waals surface area contributed by atoms with E-state index in [0.717, 1.165) is 17.0 Å². The molecule has 0 aliphatic carbocycles. The molecule has 0 aliphatic rings. The number of anilines is 1. The van der Waals surface area contributed by atoms with Crippen molar-refractivity contribution in [1.82, 2.24) is 14.9 Å². The van der Waals surface area contributed by atoms with Crippen molar-refractivity contribution < 1.29 is 4.52 Å². The number of rotatable bonds is 4. The van der Waals surface area contributed by atoms with Crippen LogP contribution in [0.3, 0.4) is 0 Å². The highest BCUT2D eigenvalue weighted by molar-refractivity contribution is 9.10. The van der Waals surface area contributed by atoms with E-state index in [0.29, 0.717) is 10.2 Å². The number of aromatic nitrogens is 3. The van der Waals surface area contributed by atoms with Gasteiger partial charge >= 0.3 is 0 Å². The summed E-state index contributed by atoms with van der Waals surface area (Å²) < 4.78 is 6.77. The minimum Gasteiger partial charge on any atom is -0.376 e. The Bertz CT molecular complexity index is 738. The minimum absolute atomic E-state index is 0.0720. The van der Waals surface area contributed by atoms with Gasteiger partial charge in [-0.1, -0.05) is 11.1 Å². The van der Waals surface area contributed by atoms with Gasteiger partial charge in [0.2, 0.25) is 0 Å². The van der Waals surface area contributed by atoms with E-state index in [-0.39, 0.29) is 18.1 Å². The molecule has 2 rings (SSSR count). The van der Waals surface area contributed by atoms with Gasteiger partial charge in [0.1, 0.15) is 16.8 Å². The lowest BCUT2D eigenvalue weighted by molar-refractivity contribution is 0.392. The molecule has 1 unspecified atom stereocenters. The maximum atomic E-state index is 12.1. The van der Waals surface area contributed by atoms with E-state index in [1.807, 2.05) is 20.8 Å². The molecule has 0 bridgehead atoms. The Morgan fingerprint density at radius 2 is 2.29 bits per heavy atom. The summed E-state index contributed by atoms with van der Waals surface area (Å²) in [5, 5.41) is 11.2. The number of hydrogen-bond acceptors (Lipinski definition) is 5. The molecule has 2 aromatic rings. The SMILES string of the molecule is C#CCn1ncc(NC(C)c2c(C)noc2C)c(Br)c1=O.